The van der Waals surface area contributed by atoms with Crippen LogP contribution in [0.5, 0.6) is 0 Å². The minimum absolute atomic E-state index is 0.0169. The summed E-state index contributed by atoms with van der Waals surface area (Å²) in [6.07, 6.45) is 1.08. The molecule has 3 atom stereocenters. The molecular weight excluding hydrogens is 572 g/mol. The lowest BCUT2D eigenvalue weighted by Gasteiger charge is -2.42. The Morgan fingerprint density at radius 2 is 1.68 bits per heavy atom. The lowest BCUT2D eigenvalue weighted by Crippen LogP contribution is -2.49. The lowest BCUT2D eigenvalue weighted by molar-refractivity contribution is -0.142. The number of fused-ring (bicyclic) bond motifs is 1. The molecule has 7 nitrogen and oxygen atoms in total. The Labute approximate surface area is 246 Å². The van der Waals surface area contributed by atoms with Crippen LogP contribution in [0.15, 0.2) is 60.7 Å². The fourth-order valence-corrected chi connectivity index (χ4v) is 6.74. The molecule has 0 radical (unpaired) electrons. The molecule has 41 heavy (non-hydrogen) atoms. The van der Waals surface area contributed by atoms with E-state index >= 15 is 4.39 Å². The average molecular weight is 600 g/mol. The zero-order valence-corrected chi connectivity index (χ0v) is 23.8. The first-order chi connectivity index (χ1) is 19.7. The van der Waals surface area contributed by atoms with Gasteiger partial charge in [-0.2, -0.15) is 0 Å². The number of halogens is 3. The molecule has 3 aliphatic heterocycles. The summed E-state index contributed by atoms with van der Waals surface area (Å²) in [5.74, 6) is -2.21. The molecule has 10 heteroatoms. The van der Waals surface area contributed by atoms with Gasteiger partial charge >= 0.3 is 5.97 Å². The van der Waals surface area contributed by atoms with E-state index in [1.165, 1.54) is 18.1 Å². The maximum Gasteiger partial charge on any atom is 0.305 e. The predicted octanol–water partition coefficient (Wildman–Crippen LogP) is 6.30. The number of amides is 1. The highest BCUT2D eigenvalue weighted by atomic mass is 35.5. The zero-order valence-electron chi connectivity index (χ0n) is 22.2. The van der Waals surface area contributed by atoms with Crippen LogP contribution in [-0.4, -0.2) is 48.8 Å². The van der Waals surface area contributed by atoms with Gasteiger partial charge in [0.1, 0.15) is 11.4 Å². The van der Waals surface area contributed by atoms with E-state index in [4.69, 9.17) is 37.4 Å². The van der Waals surface area contributed by atoms with Gasteiger partial charge in [-0.25, -0.2) is 4.39 Å². The van der Waals surface area contributed by atoms with Gasteiger partial charge in [0, 0.05) is 35.9 Å². The second-order valence-corrected chi connectivity index (χ2v) is 11.5. The van der Waals surface area contributed by atoms with E-state index in [0.717, 1.165) is 12.8 Å². The standard InChI is InChI=1S/C31H28Cl2FNO6/c1-39-31(20-4-8-23(33)9-5-20)28-24(14-21(15-25(28)34)30(17-41-30)19-10-12-40-13-11-19)29(38)35(31)26(16-27(36)37)18-2-6-22(32)7-3-18/h2-9,14-15,19,26H,10-13,16-17H2,1H3,(H,36,37). The van der Waals surface area contributed by atoms with E-state index in [-0.39, 0.29) is 17.0 Å². The average Bonchev–Trinajstić information content (AvgIpc) is 3.74. The third-order valence-electron chi connectivity index (χ3n) is 8.51. The molecule has 3 aromatic carbocycles. The van der Waals surface area contributed by atoms with Gasteiger partial charge < -0.3 is 19.3 Å². The van der Waals surface area contributed by atoms with Crippen molar-refractivity contribution in [3.05, 3.63) is 104 Å². The smallest absolute Gasteiger partial charge is 0.305 e. The number of nitrogens with zero attached hydrogens (tertiary/aromatic N) is 1. The molecule has 0 saturated carbocycles. The predicted molar refractivity (Wildman–Crippen MR) is 149 cm³/mol. The topological polar surface area (TPSA) is 88.6 Å². The fraction of sp³-hybridized carbons (Fsp3) is 0.355. The van der Waals surface area contributed by atoms with Crippen molar-refractivity contribution >= 4 is 35.1 Å². The third kappa shape index (κ3) is 4.62. The normalized spacial score (nSPS) is 24.8. The highest BCUT2D eigenvalue weighted by Crippen LogP contribution is 2.54. The zero-order chi connectivity index (χ0) is 28.9. The van der Waals surface area contributed by atoms with Crippen LogP contribution in [0.4, 0.5) is 4.39 Å². The van der Waals surface area contributed by atoms with E-state index in [0.29, 0.717) is 46.6 Å². The highest BCUT2D eigenvalue weighted by molar-refractivity contribution is 6.30. The van der Waals surface area contributed by atoms with Crippen molar-refractivity contribution in [2.75, 3.05) is 26.9 Å². The van der Waals surface area contributed by atoms with E-state index in [1.54, 1.807) is 54.6 Å². The molecule has 0 bridgehead atoms. The first-order valence-corrected chi connectivity index (χ1v) is 14.1. The van der Waals surface area contributed by atoms with Gasteiger partial charge in [0.25, 0.3) is 5.91 Å². The SMILES string of the molecule is COC1(c2ccc(Cl)cc2)c2c(F)cc(C3(C4CCOCC4)CO3)cc2C(=O)N1C(CC(=O)O)c1ccc(Cl)cc1. The van der Waals surface area contributed by atoms with Crippen LogP contribution in [0.1, 0.15) is 57.9 Å². The van der Waals surface area contributed by atoms with Crippen molar-refractivity contribution in [3.63, 3.8) is 0 Å². The monoisotopic (exact) mass is 599 g/mol. The molecule has 3 unspecified atom stereocenters. The second-order valence-electron chi connectivity index (χ2n) is 10.6. The molecule has 3 heterocycles. The van der Waals surface area contributed by atoms with Crippen molar-refractivity contribution in [3.8, 4) is 0 Å². The van der Waals surface area contributed by atoms with Gasteiger partial charge in [-0.3, -0.25) is 14.5 Å². The molecule has 6 rings (SSSR count). The number of rotatable bonds is 8. The highest BCUT2D eigenvalue weighted by Gasteiger charge is 2.59. The molecular formula is C31H28Cl2FNO6. The number of hydrogen-bond acceptors (Lipinski definition) is 5. The summed E-state index contributed by atoms with van der Waals surface area (Å²) in [6.45, 7) is 1.61. The Hall–Kier alpha value is -3.01. The first kappa shape index (κ1) is 28.1. The van der Waals surface area contributed by atoms with Crippen LogP contribution in [0, 0.1) is 11.7 Å². The summed E-state index contributed by atoms with van der Waals surface area (Å²) in [5, 5.41) is 10.8. The van der Waals surface area contributed by atoms with E-state index in [9.17, 15) is 14.7 Å². The summed E-state index contributed by atoms with van der Waals surface area (Å²) in [7, 11) is 1.38. The second kappa shape index (κ2) is 10.7. The summed E-state index contributed by atoms with van der Waals surface area (Å²) in [6, 6.07) is 15.2. The number of aliphatic carboxylic acids is 1. The van der Waals surface area contributed by atoms with Crippen LogP contribution < -0.4 is 0 Å². The van der Waals surface area contributed by atoms with Crippen molar-refractivity contribution in [2.24, 2.45) is 5.92 Å². The Morgan fingerprint density at radius 3 is 2.24 bits per heavy atom. The van der Waals surface area contributed by atoms with Crippen molar-refractivity contribution in [2.45, 2.75) is 36.6 Å². The maximum absolute atomic E-state index is 16.6. The minimum atomic E-state index is -1.78. The fourth-order valence-electron chi connectivity index (χ4n) is 6.48. The van der Waals surface area contributed by atoms with Crippen LogP contribution in [-0.2, 0) is 30.3 Å². The summed E-state index contributed by atoms with van der Waals surface area (Å²) < 4.78 is 34.2. The summed E-state index contributed by atoms with van der Waals surface area (Å²) >= 11 is 12.3. The Bertz CT molecular complexity index is 1490. The largest absolute Gasteiger partial charge is 0.481 e. The van der Waals surface area contributed by atoms with E-state index < -0.39 is 41.5 Å². The Kier molecular flexibility index (Phi) is 7.32. The van der Waals surface area contributed by atoms with Crippen molar-refractivity contribution in [1.82, 2.24) is 4.90 Å². The molecule has 2 saturated heterocycles. The number of carbonyl (C=O) groups is 2. The molecule has 3 aliphatic rings. The lowest BCUT2D eigenvalue weighted by atomic mass is 9.80. The summed E-state index contributed by atoms with van der Waals surface area (Å²) in [4.78, 5) is 28.0. The van der Waals surface area contributed by atoms with Gasteiger partial charge in [0.2, 0.25) is 0 Å². The molecule has 0 spiro atoms. The van der Waals surface area contributed by atoms with E-state index in [2.05, 4.69) is 0 Å². The number of benzene rings is 3. The number of carbonyl (C=O) groups excluding carboxylic acids is 1. The minimum Gasteiger partial charge on any atom is -0.481 e. The number of epoxide rings is 1. The van der Waals surface area contributed by atoms with Crippen LogP contribution in [0.2, 0.25) is 10.0 Å². The number of hydrogen-bond donors (Lipinski definition) is 1. The molecule has 1 N–H and O–H groups in total. The number of carboxylic acids is 1. The summed E-state index contributed by atoms with van der Waals surface area (Å²) in [5.41, 5.74) is -0.840. The Balaban J connectivity index is 1.57. The van der Waals surface area contributed by atoms with Crippen LogP contribution in [0.25, 0.3) is 0 Å². The number of ether oxygens (including phenoxy) is 3. The first-order valence-electron chi connectivity index (χ1n) is 13.4. The van der Waals surface area contributed by atoms with Crippen molar-refractivity contribution in [1.29, 1.82) is 0 Å². The third-order valence-corrected chi connectivity index (χ3v) is 9.01. The quantitative estimate of drug-likeness (QED) is 0.305. The van der Waals surface area contributed by atoms with Gasteiger partial charge in [-0.05, 0) is 66.3 Å². The van der Waals surface area contributed by atoms with Gasteiger partial charge in [0.05, 0.1) is 30.2 Å². The van der Waals surface area contributed by atoms with Crippen LogP contribution >= 0.6 is 23.2 Å². The molecule has 2 fully saturated rings. The number of methoxy groups -OCH3 is 1. The molecule has 1 amide bonds. The van der Waals surface area contributed by atoms with Gasteiger partial charge in [0.15, 0.2) is 5.72 Å². The molecule has 3 aromatic rings. The van der Waals surface area contributed by atoms with Crippen LogP contribution in [0.3, 0.4) is 0 Å². The van der Waals surface area contributed by atoms with Gasteiger partial charge in [-0.1, -0.05) is 47.5 Å². The molecule has 214 valence electrons. The number of carboxylic acid groups (broad SMARTS) is 1. The van der Waals surface area contributed by atoms with Crippen molar-refractivity contribution < 1.29 is 33.3 Å². The van der Waals surface area contributed by atoms with Gasteiger partial charge in [-0.15, -0.1) is 0 Å². The van der Waals surface area contributed by atoms with E-state index in [1.807, 2.05) is 0 Å². The Morgan fingerprint density at radius 1 is 1.07 bits per heavy atom. The molecule has 0 aliphatic carbocycles. The maximum atomic E-state index is 16.6. The molecule has 0 aromatic heterocycles.